The molecular formula is C17H15NO4S. The summed E-state index contributed by atoms with van der Waals surface area (Å²) >= 11 is 1.36. The molecule has 0 saturated heterocycles. The Morgan fingerprint density at radius 3 is 2.22 bits per heavy atom. The lowest BCUT2D eigenvalue weighted by molar-refractivity contribution is 0.103. The van der Waals surface area contributed by atoms with Crippen molar-refractivity contribution < 1.29 is 19.0 Å². The number of nitrogens with zero attached hydrogens (tertiary/aromatic N) is 1. The summed E-state index contributed by atoms with van der Waals surface area (Å²) in [6, 6.07) is 10.9. The molecule has 0 N–H and O–H groups in total. The summed E-state index contributed by atoms with van der Waals surface area (Å²) in [5.41, 5.74) is 1.26. The average Bonchev–Trinajstić information content (AvgIpc) is 3.03. The predicted molar refractivity (Wildman–Crippen MR) is 89.2 cm³/mol. The van der Waals surface area contributed by atoms with Gasteiger partial charge in [-0.2, -0.15) is 0 Å². The van der Waals surface area contributed by atoms with Crippen molar-refractivity contribution in [1.29, 1.82) is 0 Å². The van der Waals surface area contributed by atoms with Gasteiger partial charge in [-0.1, -0.05) is 12.1 Å². The Bertz CT molecular complexity index is 814. The summed E-state index contributed by atoms with van der Waals surface area (Å²) in [6.07, 6.45) is 0. The summed E-state index contributed by atoms with van der Waals surface area (Å²) in [5.74, 6) is 1.16. The van der Waals surface area contributed by atoms with Crippen LogP contribution in [0.25, 0.3) is 10.2 Å². The largest absolute Gasteiger partial charge is 0.493 e. The second-order valence-corrected chi connectivity index (χ2v) is 5.76. The minimum absolute atomic E-state index is 0.176. The van der Waals surface area contributed by atoms with Crippen LogP contribution in [-0.4, -0.2) is 32.1 Å². The minimum Gasteiger partial charge on any atom is -0.493 e. The average molecular weight is 329 g/mol. The van der Waals surface area contributed by atoms with Gasteiger partial charge in [0.1, 0.15) is 0 Å². The van der Waals surface area contributed by atoms with Gasteiger partial charge in [-0.25, -0.2) is 4.98 Å². The molecule has 0 aliphatic heterocycles. The van der Waals surface area contributed by atoms with E-state index < -0.39 is 0 Å². The number of ether oxygens (including phenoxy) is 3. The van der Waals surface area contributed by atoms with Crippen molar-refractivity contribution in [2.45, 2.75) is 0 Å². The topological polar surface area (TPSA) is 57.7 Å². The van der Waals surface area contributed by atoms with Crippen molar-refractivity contribution >= 4 is 27.3 Å². The standard InChI is InChI=1S/C17H15NO4S/c1-20-12-8-10(9-13(21-2)16(12)22-3)15(19)17-18-11-6-4-5-7-14(11)23-17/h4-9H,1-3H3. The highest BCUT2D eigenvalue weighted by atomic mass is 32.1. The summed E-state index contributed by atoms with van der Waals surface area (Å²) in [5, 5.41) is 0.431. The molecule has 0 radical (unpaired) electrons. The molecule has 2 aromatic carbocycles. The van der Waals surface area contributed by atoms with Gasteiger partial charge in [0.2, 0.25) is 11.5 Å². The summed E-state index contributed by atoms with van der Waals surface area (Å²) < 4.78 is 16.8. The Balaban J connectivity index is 2.08. The lowest BCUT2D eigenvalue weighted by Crippen LogP contribution is -2.03. The van der Waals surface area contributed by atoms with Gasteiger partial charge in [0.15, 0.2) is 16.5 Å². The van der Waals surface area contributed by atoms with E-state index in [1.165, 1.54) is 32.7 Å². The highest BCUT2D eigenvalue weighted by Gasteiger charge is 2.20. The molecule has 1 aromatic heterocycles. The number of carbonyl (C=O) groups excluding carboxylic acids is 1. The van der Waals surface area contributed by atoms with Crippen LogP contribution in [-0.2, 0) is 0 Å². The number of thiazole rings is 1. The lowest BCUT2D eigenvalue weighted by Gasteiger charge is -2.13. The van der Waals surface area contributed by atoms with Gasteiger partial charge < -0.3 is 14.2 Å². The molecule has 0 aliphatic carbocycles. The number of aromatic nitrogens is 1. The third-order valence-corrected chi connectivity index (χ3v) is 4.45. The molecule has 0 unspecified atom stereocenters. The molecule has 0 amide bonds. The maximum atomic E-state index is 12.7. The molecule has 1 heterocycles. The number of benzene rings is 2. The van der Waals surface area contributed by atoms with Gasteiger partial charge in [0.25, 0.3) is 0 Å². The molecule has 0 bridgehead atoms. The summed E-state index contributed by atoms with van der Waals surface area (Å²) in [7, 11) is 4.56. The van der Waals surface area contributed by atoms with Crippen LogP contribution in [0.15, 0.2) is 36.4 Å². The Kier molecular flexibility index (Phi) is 4.16. The molecule has 5 nitrogen and oxygen atoms in total. The fourth-order valence-corrected chi connectivity index (χ4v) is 3.23. The van der Waals surface area contributed by atoms with E-state index in [1.54, 1.807) is 12.1 Å². The van der Waals surface area contributed by atoms with E-state index in [-0.39, 0.29) is 5.78 Å². The SMILES string of the molecule is COc1cc(C(=O)c2nc3ccccc3s2)cc(OC)c1OC. The Morgan fingerprint density at radius 1 is 1.00 bits per heavy atom. The van der Waals surface area contributed by atoms with E-state index in [0.29, 0.717) is 27.8 Å². The van der Waals surface area contributed by atoms with Crippen LogP contribution in [0.3, 0.4) is 0 Å². The second-order valence-electron chi connectivity index (χ2n) is 4.73. The molecule has 6 heteroatoms. The first-order valence-corrected chi connectivity index (χ1v) is 7.70. The van der Waals surface area contributed by atoms with Crippen molar-refractivity contribution in [2.24, 2.45) is 0 Å². The van der Waals surface area contributed by atoms with Crippen LogP contribution < -0.4 is 14.2 Å². The number of fused-ring (bicyclic) bond motifs is 1. The van der Waals surface area contributed by atoms with Crippen molar-refractivity contribution in [3.63, 3.8) is 0 Å². The van der Waals surface area contributed by atoms with Crippen molar-refractivity contribution in [2.75, 3.05) is 21.3 Å². The van der Waals surface area contributed by atoms with Crippen molar-refractivity contribution in [3.05, 3.63) is 47.0 Å². The molecule has 0 atom stereocenters. The van der Waals surface area contributed by atoms with Crippen LogP contribution >= 0.6 is 11.3 Å². The Labute approximate surface area is 137 Å². The molecule has 0 fully saturated rings. The zero-order valence-electron chi connectivity index (χ0n) is 13.0. The number of ketones is 1. The molecule has 3 aromatic rings. The predicted octanol–water partition coefficient (Wildman–Crippen LogP) is 3.55. The summed E-state index contributed by atoms with van der Waals surface area (Å²) in [4.78, 5) is 17.1. The van der Waals surface area contributed by atoms with Crippen molar-refractivity contribution in [3.8, 4) is 17.2 Å². The zero-order valence-corrected chi connectivity index (χ0v) is 13.8. The minimum atomic E-state index is -0.176. The van der Waals surface area contributed by atoms with Crippen LogP contribution in [0.1, 0.15) is 15.4 Å². The fraction of sp³-hybridized carbons (Fsp3) is 0.176. The maximum absolute atomic E-state index is 12.7. The number of methoxy groups -OCH3 is 3. The molecule has 23 heavy (non-hydrogen) atoms. The number of para-hydroxylation sites is 1. The highest BCUT2D eigenvalue weighted by molar-refractivity contribution is 7.20. The smallest absolute Gasteiger partial charge is 0.221 e. The van der Waals surface area contributed by atoms with E-state index >= 15 is 0 Å². The van der Waals surface area contributed by atoms with E-state index in [1.807, 2.05) is 24.3 Å². The number of hydrogen-bond acceptors (Lipinski definition) is 6. The van der Waals surface area contributed by atoms with Gasteiger partial charge in [-0.3, -0.25) is 4.79 Å². The first-order chi connectivity index (χ1) is 11.2. The normalized spacial score (nSPS) is 10.6. The van der Waals surface area contributed by atoms with Gasteiger partial charge >= 0.3 is 0 Å². The van der Waals surface area contributed by atoms with E-state index in [2.05, 4.69) is 4.98 Å². The van der Waals surface area contributed by atoms with Gasteiger partial charge in [0.05, 0.1) is 31.5 Å². The van der Waals surface area contributed by atoms with Crippen LogP contribution in [0.2, 0.25) is 0 Å². The number of rotatable bonds is 5. The Morgan fingerprint density at radius 2 is 1.65 bits per heavy atom. The Hall–Kier alpha value is -2.60. The monoisotopic (exact) mass is 329 g/mol. The lowest BCUT2D eigenvalue weighted by atomic mass is 10.1. The first-order valence-electron chi connectivity index (χ1n) is 6.88. The van der Waals surface area contributed by atoms with Gasteiger partial charge in [-0.05, 0) is 24.3 Å². The van der Waals surface area contributed by atoms with Crippen LogP contribution in [0, 0.1) is 0 Å². The molecule has 3 rings (SSSR count). The van der Waals surface area contributed by atoms with E-state index in [0.717, 1.165) is 10.2 Å². The van der Waals surface area contributed by atoms with Gasteiger partial charge in [0, 0.05) is 5.56 Å². The molecule has 0 aliphatic rings. The van der Waals surface area contributed by atoms with Crippen LogP contribution in [0.4, 0.5) is 0 Å². The third-order valence-electron chi connectivity index (χ3n) is 3.42. The maximum Gasteiger partial charge on any atom is 0.221 e. The molecule has 118 valence electrons. The summed E-state index contributed by atoms with van der Waals surface area (Å²) in [6.45, 7) is 0. The molecule has 0 spiro atoms. The quantitative estimate of drug-likeness (QED) is 0.670. The van der Waals surface area contributed by atoms with E-state index in [4.69, 9.17) is 14.2 Å². The highest BCUT2D eigenvalue weighted by Crippen LogP contribution is 2.39. The van der Waals surface area contributed by atoms with Crippen LogP contribution in [0.5, 0.6) is 17.2 Å². The third kappa shape index (κ3) is 2.73. The van der Waals surface area contributed by atoms with Crippen molar-refractivity contribution in [1.82, 2.24) is 4.98 Å². The number of carbonyl (C=O) groups is 1. The first kappa shape index (κ1) is 15.3. The molecular weight excluding hydrogens is 314 g/mol. The number of hydrogen-bond donors (Lipinski definition) is 0. The molecule has 0 saturated carbocycles. The zero-order chi connectivity index (χ0) is 16.4. The fourth-order valence-electron chi connectivity index (χ4n) is 2.30. The second kappa shape index (κ2) is 6.26. The van der Waals surface area contributed by atoms with Gasteiger partial charge in [-0.15, -0.1) is 11.3 Å². The van der Waals surface area contributed by atoms with E-state index in [9.17, 15) is 4.79 Å².